The fraction of sp³-hybridized carbons (Fsp3) is 0.292. The highest BCUT2D eigenvalue weighted by atomic mass is 16.7. The third-order valence-corrected chi connectivity index (χ3v) is 6.05. The molecule has 3 heterocycles. The van der Waals surface area contributed by atoms with E-state index in [0.717, 1.165) is 36.7 Å². The van der Waals surface area contributed by atoms with Gasteiger partial charge in [0.25, 0.3) is 0 Å². The molecule has 1 aromatic heterocycles. The number of Topliss-reactive ketones (excluding diaryl/α,β-unsaturated/α-hetero) is 1. The molecule has 35 heavy (non-hydrogen) atoms. The van der Waals surface area contributed by atoms with Crippen LogP contribution in [0.1, 0.15) is 22.8 Å². The van der Waals surface area contributed by atoms with Gasteiger partial charge in [0, 0.05) is 44.0 Å². The first kappa shape index (κ1) is 22.5. The highest BCUT2D eigenvalue weighted by Gasteiger charge is 2.29. The number of anilines is 3. The molecule has 3 aromatic rings. The minimum atomic E-state index is -0.458. The number of ketones is 1. The summed E-state index contributed by atoms with van der Waals surface area (Å²) in [6, 6.07) is 12.6. The monoisotopic (exact) mass is 476 g/mol. The van der Waals surface area contributed by atoms with E-state index in [2.05, 4.69) is 20.2 Å². The number of piperazine rings is 1. The summed E-state index contributed by atoms with van der Waals surface area (Å²) in [4.78, 5) is 35.6. The standard InChI is InChI=1S/C24H24N6O5/c1-16(31)18-3-5-19(6-4-18)27-23-22(30(32)33)24(26-14-25-23)29-10-8-28(9-11-29)13-17-2-7-20-21(12-17)35-15-34-20/h2-7,12,14H,8-11,13,15H2,1H3,(H,25,26,27). The Morgan fingerprint density at radius 2 is 1.80 bits per heavy atom. The van der Waals surface area contributed by atoms with Crippen LogP contribution in [0.4, 0.5) is 23.0 Å². The van der Waals surface area contributed by atoms with E-state index < -0.39 is 4.92 Å². The minimum Gasteiger partial charge on any atom is -0.454 e. The van der Waals surface area contributed by atoms with E-state index in [9.17, 15) is 14.9 Å². The summed E-state index contributed by atoms with van der Waals surface area (Å²) >= 11 is 0. The first-order chi connectivity index (χ1) is 17.0. The third-order valence-electron chi connectivity index (χ3n) is 6.05. The van der Waals surface area contributed by atoms with Crippen molar-refractivity contribution in [2.24, 2.45) is 0 Å². The zero-order valence-electron chi connectivity index (χ0n) is 19.1. The Kier molecular flexibility index (Phi) is 6.15. The van der Waals surface area contributed by atoms with Crippen LogP contribution in [-0.2, 0) is 6.54 Å². The third kappa shape index (κ3) is 4.85. The summed E-state index contributed by atoms with van der Waals surface area (Å²) < 4.78 is 10.8. The van der Waals surface area contributed by atoms with E-state index >= 15 is 0 Å². The van der Waals surface area contributed by atoms with Crippen LogP contribution in [0.3, 0.4) is 0 Å². The lowest BCUT2D eigenvalue weighted by molar-refractivity contribution is -0.383. The Labute approximate surface area is 201 Å². The topological polar surface area (TPSA) is 123 Å². The molecule has 0 radical (unpaired) electrons. The van der Waals surface area contributed by atoms with Crippen molar-refractivity contribution < 1.29 is 19.2 Å². The number of ether oxygens (including phenoxy) is 2. The van der Waals surface area contributed by atoms with E-state index in [1.54, 1.807) is 24.3 Å². The van der Waals surface area contributed by atoms with Crippen LogP contribution in [-0.4, -0.2) is 58.5 Å². The van der Waals surface area contributed by atoms with Gasteiger partial charge in [-0.05, 0) is 48.9 Å². The van der Waals surface area contributed by atoms with Gasteiger partial charge in [-0.2, -0.15) is 0 Å². The van der Waals surface area contributed by atoms with Gasteiger partial charge in [-0.1, -0.05) is 6.07 Å². The number of carbonyl (C=O) groups is 1. The van der Waals surface area contributed by atoms with Gasteiger partial charge in [0.05, 0.1) is 4.92 Å². The Hall–Kier alpha value is -4.25. The molecule has 1 fully saturated rings. The fourth-order valence-corrected chi connectivity index (χ4v) is 4.20. The van der Waals surface area contributed by atoms with Gasteiger partial charge in [0.15, 0.2) is 17.3 Å². The number of nitrogens with one attached hydrogen (secondary N) is 1. The minimum absolute atomic E-state index is 0.0514. The molecule has 0 bridgehead atoms. The molecule has 0 aliphatic carbocycles. The first-order valence-electron chi connectivity index (χ1n) is 11.2. The maximum absolute atomic E-state index is 12.0. The molecule has 5 rings (SSSR count). The van der Waals surface area contributed by atoms with Gasteiger partial charge in [0.1, 0.15) is 6.33 Å². The van der Waals surface area contributed by atoms with E-state index in [4.69, 9.17) is 9.47 Å². The molecule has 180 valence electrons. The summed E-state index contributed by atoms with van der Waals surface area (Å²) in [7, 11) is 0. The number of benzene rings is 2. The van der Waals surface area contributed by atoms with Gasteiger partial charge >= 0.3 is 5.69 Å². The number of hydrogen-bond donors (Lipinski definition) is 1. The van der Waals surface area contributed by atoms with Crippen molar-refractivity contribution in [2.75, 3.05) is 43.2 Å². The second-order valence-electron chi connectivity index (χ2n) is 8.36. The summed E-state index contributed by atoms with van der Waals surface area (Å²) in [5.74, 6) is 1.86. The Balaban J connectivity index is 1.28. The maximum Gasteiger partial charge on any atom is 0.353 e. The smallest absolute Gasteiger partial charge is 0.353 e. The Morgan fingerprint density at radius 1 is 1.06 bits per heavy atom. The van der Waals surface area contributed by atoms with Crippen LogP contribution in [0.25, 0.3) is 0 Å². The summed E-state index contributed by atoms with van der Waals surface area (Å²) in [6.45, 7) is 5.12. The second kappa shape index (κ2) is 9.55. The number of carbonyl (C=O) groups excluding carboxylic acids is 1. The normalized spacial score (nSPS) is 15.2. The van der Waals surface area contributed by atoms with Crippen LogP contribution >= 0.6 is 0 Å². The molecular formula is C24H24N6O5. The molecule has 0 unspecified atom stereocenters. The largest absolute Gasteiger partial charge is 0.454 e. The van der Waals surface area contributed by atoms with Crippen molar-refractivity contribution in [3.8, 4) is 11.5 Å². The molecule has 11 heteroatoms. The van der Waals surface area contributed by atoms with Crippen molar-refractivity contribution in [1.29, 1.82) is 0 Å². The number of aromatic nitrogens is 2. The Bertz CT molecular complexity index is 1260. The molecule has 0 spiro atoms. The van der Waals surface area contributed by atoms with Crippen LogP contribution in [0, 0.1) is 10.1 Å². The molecule has 0 saturated carbocycles. The Morgan fingerprint density at radius 3 is 2.51 bits per heavy atom. The quantitative estimate of drug-likeness (QED) is 0.308. The predicted octanol–water partition coefficient (Wildman–Crippen LogP) is 3.38. The highest BCUT2D eigenvalue weighted by molar-refractivity contribution is 5.94. The molecule has 1 saturated heterocycles. The van der Waals surface area contributed by atoms with Gasteiger partial charge in [-0.15, -0.1) is 0 Å². The number of hydrogen-bond acceptors (Lipinski definition) is 10. The average molecular weight is 476 g/mol. The fourth-order valence-electron chi connectivity index (χ4n) is 4.20. The van der Waals surface area contributed by atoms with Gasteiger partial charge in [-0.25, -0.2) is 9.97 Å². The van der Waals surface area contributed by atoms with E-state index in [1.807, 2.05) is 23.1 Å². The first-order valence-corrected chi connectivity index (χ1v) is 11.2. The average Bonchev–Trinajstić information content (AvgIpc) is 3.32. The van der Waals surface area contributed by atoms with Crippen LogP contribution in [0.5, 0.6) is 11.5 Å². The SMILES string of the molecule is CC(=O)c1ccc(Nc2ncnc(N3CCN(Cc4ccc5c(c4)OCO5)CC3)c2[N+](=O)[O-])cc1. The lowest BCUT2D eigenvalue weighted by atomic mass is 10.1. The molecule has 0 amide bonds. The van der Waals surface area contributed by atoms with Crippen LogP contribution < -0.4 is 19.7 Å². The molecule has 11 nitrogen and oxygen atoms in total. The van der Waals surface area contributed by atoms with Crippen molar-refractivity contribution in [2.45, 2.75) is 13.5 Å². The lowest BCUT2D eigenvalue weighted by Crippen LogP contribution is -2.46. The lowest BCUT2D eigenvalue weighted by Gasteiger charge is -2.35. The maximum atomic E-state index is 12.0. The van der Waals surface area contributed by atoms with Gasteiger partial charge < -0.3 is 19.7 Å². The van der Waals surface area contributed by atoms with E-state index in [-0.39, 0.29) is 29.9 Å². The highest BCUT2D eigenvalue weighted by Crippen LogP contribution is 2.35. The molecule has 0 atom stereocenters. The summed E-state index contributed by atoms with van der Waals surface area (Å²) in [6.07, 6.45) is 1.33. The van der Waals surface area contributed by atoms with E-state index in [1.165, 1.54) is 13.3 Å². The molecule has 2 aromatic carbocycles. The van der Waals surface area contributed by atoms with Gasteiger partial charge in [-0.3, -0.25) is 19.8 Å². The van der Waals surface area contributed by atoms with Gasteiger partial charge in [0.2, 0.25) is 18.4 Å². The van der Waals surface area contributed by atoms with Crippen LogP contribution in [0.15, 0.2) is 48.8 Å². The molecule has 1 N–H and O–H groups in total. The number of fused-ring (bicyclic) bond motifs is 1. The predicted molar refractivity (Wildman–Crippen MR) is 128 cm³/mol. The second-order valence-corrected chi connectivity index (χ2v) is 8.36. The van der Waals surface area contributed by atoms with Crippen molar-refractivity contribution >= 4 is 28.8 Å². The summed E-state index contributed by atoms with van der Waals surface area (Å²) in [5, 5.41) is 15.0. The summed E-state index contributed by atoms with van der Waals surface area (Å²) in [5.41, 5.74) is 2.11. The van der Waals surface area contributed by atoms with E-state index in [0.29, 0.717) is 24.3 Å². The zero-order valence-corrected chi connectivity index (χ0v) is 19.1. The molecule has 2 aliphatic rings. The number of nitrogens with zero attached hydrogens (tertiary/aromatic N) is 5. The molecule has 2 aliphatic heterocycles. The molecular weight excluding hydrogens is 452 g/mol. The van der Waals surface area contributed by atoms with Crippen LogP contribution in [0.2, 0.25) is 0 Å². The zero-order chi connectivity index (χ0) is 24.4. The number of rotatable bonds is 7. The van der Waals surface area contributed by atoms with Crippen molar-refractivity contribution in [1.82, 2.24) is 14.9 Å². The van der Waals surface area contributed by atoms with Crippen molar-refractivity contribution in [3.63, 3.8) is 0 Å². The number of nitro groups is 1. The van der Waals surface area contributed by atoms with Crippen molar-refractivity contribution in [3.05, 3.63) is 70.0 Å².